The number of hydrogen-bond donors (Lipinski definition) is 1. The summed E-state index contributed by atoms with van der Waals surface area (Å²) in [5.74, 6) is 3.25. The predicted octanol–water partition coefficient (Wildman–Crippen LogP) is 1.68. The summed E-state index contributed by atoms with van der Waals surface area (Å²) in [6.07, 6.45) is 5.04. The lowest BCUT2D eigenvalue weighted by atomic mass is 10.1. The van der Waals surface area contributed by atoms with E-state index in [1.54, 1.807) is 6.92 Å². The van der Waals surface area contributed by atoms with Gasteiger partial charge in [-0.25, -0.2) is 0 Å². The number of hydrogen-bond acceptors (Lipinski definition) is 2. The second-order valence-corrected chi connectivity index (χ2v) is 3.90. The van der Waals surface area contributed by atoms with Gasteiger partial charge in [0.15, 0.2) is 0 Å². The Morgan fingerprint density at radius 3 is 3.00 bits per heavy atom. The van der Waals surface area contributed by atoms with Gasteiger partial charge in [0.25, 0.3) is 0 Å². The Morgan fingerprint density at radius 1 is 1.70 bits per heavy atom. The lowest BCUT2D eigenvalue weighted by molar-refractivity contribution is 0.243. The van der Waals surface area contributed by atoms with Gasteiger partial charge >= 0.3 is 0 Å². The molecule has 1 aliphatic heterocycles. The van der Waals surface area contributed by atoms with E-state index < -0.39 is 0 Å². The Kier molecular flexibility index (Phi) is 3.29. The zero-order valence-corrected chi connectivity index (χ0v) is 7.10. The highest BCUT2D eigenvalue weighted by Gasteiger charge is 2.11. The van der Waals surface area contributed by atoms with Gasteiger partial charge in [0.2, 0.25) is 0 Å². The minimum Gasteiger partial charge on any atom is -0.389 e. The zero-order chi connectivity index (χ0) is 7.40. The molecular formula is C8H14OS. The van der Waals surface area contributed by atoms with Crippen molar-refractivity contribution in [2.24, 2.45) is 5.92 Å². The topological polar surface area (TPSA) is 20.2 Å². The molecule has 0 aromatic rings. The average molecular weight is 158 g/mol. The van der Waals surface area contributed by atoms with E-state index in [1.807, 2.05) is 17.8 Å². The Hall–Kier alpha value is 0.0500. The Balaban J connectivity index is 2.23. The van der Waals surface area contributed by atoms with Gasteiger partial charge in [-0.3, -0.25) is 0 Å². The van der Waals surface area contributed by atoms with Gasteiger partial charge in [-0.05, 0) is 30.8 Å². The van der Waals surface area contributed by atoms with Crippen molar-refractivity contribution in [3.8, 4) is 0 Å². The van der Waals surface area contributed by atoms with Crippen LogP contribution in [0.1, 0.15) is 13.3 Å². The molecular weight excluding hydrogens is 144 g/mol. The van der Waals surface area contributed by atoms with Crippen molar-refractivity contribution in [1.82, 2.24) is 0 Å². The molecule has 0 aromatic heterocycles. The number of rotatable bonds is 2. The standard InChI is InChI=1S/C8H14OS/c1-7(9)2-3-8-4-5-10-6-8/h2-3,7-9H,4-6H2,1H3/b3-2+. The Labute approximate surface area is 66.5 Å². The van der Waals surface area contributed by atoms with Crippen molar-refractivity contribution in [2.45, 2.75) is 19.4 Å². The Morgan fingerprint density at radius 2 is 2.50 bits per heavy atom. The molecule has 0 spiro atoms. The third-order valence-electron chi connectivity index (χ3n) is 1.63. The van der Waals surface area contributed by atoms with Crippen molar-refractivity contribution in [3.63, 3.8) is 0 Å². The molecule has 1 saturated heterocycles. The molecule has 0 radical (unpaired) electrons. The molecule has 0 aromatic carbocycles. The summed E-state index contributed by atoms with van der Waals surface area (Å²) in [7, 11) is 0. The van der Waals surface area contributed by atoms with E-state index in [-0.39, 0.29) is 6.10 Å². The summed E-state index contributed by atoms with van der Waals surface area (Å²) >= 11 is 2.00. The van der Waals surface area contributed by atoms with Gasteiger partial charge in [0.1, 0.15) is 0 Å². The quantitative estimate of drug-likeness (QED) is 0.617. The van der Waals surface area contributed by atoms with E-state index in [0.29, 0.717) is 0 Å². The third kappa shape index (κ3) is 2.76. The fraction of sp³-hybridized carbons (Fsp3) is 0.750. The van der Waals surface area contributed by atoms with Crippen LogP contribution in [-0.2, 0) is 0 Å². The summed E-state index contributed by atoms with van der Waals surface area (Å²) in [6, 6.07) is 0. The molecule has 1 aliphatic rings. The lowest BCUT2D eigenvalue weighted by Crippen LogP contribution is -1.97. The summed E-state index contributed by atoms with van der Waals surface area (Å²) in [4.78, 5) is 0. The maximum Gasteiger partial charge on any atom is 0.0692 e. The fourth-order valence-electron chi connectivity index (χ4n) is 1.02. The normalized spacial score (nSPS) is 29.6. The van der Waals surface area contributed by atoms with Crippen molar-refractivity contribution in [3.05, 3.63) is 12.2 Å². The van der Waals surface area contributed by atoms with Crippen LogP contribution in [0.25, 0.3) is 0 Å². The second-order valence-electron chi connectivity index (χ2n) is 2.75. The molecule has 2 unspecified atom stereocenters. The second kappa shape index (κ2) is 4.04. The van der Waals surface area contributed by atoms with Crippen LogP contribution in [0.15, 0.2) is 12.2 Å². The van der Waals surface area contributed by atoms with Gasteiger partial charge in [0.05, 0.1) is 6.10 Å². The predicted molar refractivity (Wildman–Crippen MR) is 46.3 cm³/mol. The van der Waals surface area contributed by atoms with E-state index >= 15 is 0 Å². The molecule has 1 heterocycles. The summed E-state index contributed by atoms with van der Waals surface area (Å²) < 4.78 is 0. The highest BCUT2D eigenvalue weighted by atomic mass is 32.2. The van der Waals surface area contributed by atoms with Crippen LogP contribution in [0.2, 0.25) is 0 Å². The van der Waals surface area contributed by atoms with Crippen molar-refractivity contribution < 1.29 is 5.11 Å². The SMILES string of the molecule is CC(O)/C=C/C1CCSC1. The zero-order valence-electron chi connectivity index (χ0n) is 6.29. The summed E-state index contributed by atoms with van der Waals surface area (Å²) in [6.45, 7) is 1.79. The minimum absolute atomic E-state index is 0.273. The molecule has 2 atom stereocenters. The molecule has 10 heavy (non-hydrogen) atoms. The van der Waals surface area contributed by atoms with Gasteiger partial charge < -0.3 is 5.11 Å². The molecule has 1 fully saturated rings. The largest absolute Gasteiger partial charge is 0.389 e. The van der Waals surface area contributed by atoms with Gasteiger partial charge in [-0.15, -0.1) is 0 Å². The van der Waals surface area contributed by atoms with Crippen molar-refractivity contribution in [1.29, 1.82) is 0 Å². The molecule has 0 saturated carbocycles. The van der Waals surface area contributed by atoms with Crippen molar-refractivity contribution in [2.75, 3.05) is 11.5 Å². The first-order valence-electron chi connectivity index (χ1n) is 3.73. The van der Waals surface area contributed by atoms with Crippen molar-refractivity contribution >= 4 is 11.8 Å². The van der Waals surface area contributed by atoms with Crippen LogP contribution in [-0.4, -0.2) is 22.7 Å². The van der Waals surface area contributed by atoms with Crippen LogP contribution in [0.5, 0.6) is 0 Å². The lowest BCUT2D eigenvalue weighted by Gasteiger charge is -1.99. The number of aliphatic hydroxyl groups is 1. The molecule has 1 N–H and O–H groups in total. The first kappa shape index (κ1) is 8.15. The molecule has 0 amide bonds. The van der Waals surface area contributed by atoms with Crippen LogP contribution < -0.4 is 0 Å². The van der Waals surface area contributed by atoms with Gasteiger partial charge in [-0.1, -0.05) is 12.2 Å². The molecule has 1 nitrogen and oxygen atoms in total. The molecule has 2 heteroatoms. The molecule has 1 rings (SSSR count). The van der Waals surface area contributed by atoms with Gasteiger partial charge in [0, 0.05) is 0 Å². The third-order valence-corrected chi connectivity index (χ3v) is 2.81. The number of aliphatic hydroxyl groups excluding tert-OH is 1. The first-order valence-corrected chi connectivity index (χ1v) is 4.88. The monoisotopic (exact) mass is 158 g/mol. The number of thioether (sulfide) groups is 1. The summed E-state index contributed by atoms with van der Waals surface area (Å²) in [5.41, 5.74) is 0. The number of allylic oxidation sites excluding steroid dienone is 1. The summed E-state index contributed by atoms with van der Waals surface area (Å²) in [5, 5.41) is 8.92. The maximum atomic E-state index is 8.92. The Bertz CT molecular complexity index is 114. The first-order chi connectivity index (χ1) is 4.79. The van der Waals surface area contributed by atoms with Gasteiger partial charge in [-0.2, -0.15) is 11.8 Å². The van der Waals surface area contributed by atoms with E-state index in [4.69, 9.17) is 5.11 Å². The maximum absolute atomic E-state index is 8.92. The highest BCUT2D eigenvalue weighted by Crippen LogP contribution is 2.24. The smallest absolute Gasteiger partial charge is 0.0692 e. The van der Waals surface area contributed by atoms with E-state index in [1.165, 1.54) is 17.9 Å². The van der Waals surface area contributed by atoms with E-state index in [9.17, 15) is 0 Å². The highest BCUT2D eigenvalue weighted by molar-refractivity contribution is 7.99. The minimum atomic E-state index is -0.273. The van der Waals surface area contributed by atoms with E-state index in [2.05, 4.69) is 6.08 Å². The fourth-order valence-corrected chi connectivity index (χ4v) is 2.24. The van der Waals surface area contributed by atoms with Crippen LogP contribution in [0, 0.1) is 5.92 Å². The molecule has 0 bridgehead atoms. The van der Waals surface area contributed by atoms with E-state index in [0.717, 1.165) is 5.92 Å². The average Bonchev–Trinajstić information content (AvgIpc) is 2.34. The molecule has 0 aliphatic carbocycles. The van der Waals surface area contributed by atoms with Crippen LogP contribution in [0.3, 0.4) is 0 Å². The van der Waals surface area contributed by atoms with Crippen LogP contribution >= 0.6 is 11.8 Å². The van der Waals surface area contributed by atoms with Crippen LogP contribution in [0.4, 0.5) is 0 Å². The molecule has 58 valence electrons.